The molecule has 4 nitrogen and oxygen atoms in total. The third-order valence-electron chi connectivity index (χ3n) is 2.33. The van der Waals surface area contributed by atoms with Crippen molar-refractivity contribution in [3.8, 4) is 0 Å². The summed E-state index contributed by atoms with van der Waals surface area (Å²) in [6.07, 6.45) is 5.47. The molecule has 1 atom stereocenters. The van der Waals surface area contributed by atoms with Crippen LogP contribution in [0.2, 0.25) is 0 Å². The SMILES string of the molecule is O=CN1CCC(c2cnc[nH]2)C1. The van der Waals surface area contributed by atoms with Gasteiger partial charge in [-0.2, -0.15) is 0 Å². The minimum absolute atomic E-state index is 0.456. The smallest absolute Gasteiger partial charge is 0.209 e. The zero-order chi connectivity index (χ0) is 8.39. The molecule has 1 aliphatic rings. The van der Waals surface area contributed by atoms with Crippen molar-refractivity contribution in [2.45, 2.75) is 12.3 Å². The fraction of sp³-hybridized carbons (Fsp3) is 0.500. The van der Waals surface area contributed by atoms with E-state index in [0.717, 1.165) is 31.6 Å². The molecule has 1 aromatic heterocycles. The van der Waals surface area contributed by atoms with Gasteiger partial charge in [-0.15, -0.1) is 0 Å². The number of nitrogens with one attached hydrogen (secondary N) is 1. The fourth-order valence-corrected chi connectivity index (χ4v) is 1.63. The van der Waals surface area contributed by atoms with Crippen molar-refractivity contribution < 1.29 is 4.79 Å². The minimum atomic E-state index is 0.456. The van der Waals surface area contributed by atoms with Crippen molar-refractivity contribution in [2.75, 3.05) is 13.1 Å². The van der Waals surface area contributed by atoms with E-state index in [1.807, 2.05) is 6.20 Å². The van der Waals surface area contributed by atoms with Gasteiger partial charge in [0, 0.05) is 30.9 Å². The molecule has 12 heavy (non-hydrogen) atoms. The third-order valence-corrected chi connectivity index (χ3v) is 2.33. The number of hydrogen-bond acceptors (Lipinski definition) is 2. The minimum Gasteiger partial charge on any atom is -0.348 e. The molecule has 1 aromatic rings. The Bertz CT molecular complexity index is 257. The lowest BCUT2D eigenvalue weighted by Crippen LogP contribution is -2.17. The van der Waals surface area contributed by atoms with Gasteiger partial charge in [0.15, 0.2) is 0 Å². The second-order valence-electron chi connectivity index (χ2n) is 3.09. The highest BCUT2D eigenvalue weighted by atomic mass is 16.1. The van der Waals surface area contributed by atoms with E-state index in [1.54, 1.807) is 11.2 Å². The lowest BCUT2D eigenvalue weighted by molar-refractivity contribution is -0.117. The predicted molar refractivity (Wildman–Crippen MR) is 43.6 cm³/mol. The Kier molecular flexibility index (Phi) is 1.81. The molecule has 0 radical (unpaired) electrons. The summed E-state index contributed by atoms with van der Waals surface area (Å²) in [6, 6.07) is 0. The summed E-state index contributed by atoms with van der Waals surface area (Å²) < 4.78 is 0. The van der Waals surface area contributed by atoms with Gasteiger partial charge in [0.2, 0.25) is 6.41 Å². The summed E-state index contributed by atoms with van der Waals surface area (Å²) in [6.45, 7) is 1.69. The highest BCUT2D eigenvalue weighted by molar-refractivity contribution is 5.48. The first kappa shape index (κ1) is 7.34. The van der Waals surface area contributed by atoms with E-state index in [0.29, 0.717) is 5.92 Å². The number of aromatic nitrogens is 2. The zero-order valence-electron chi connectivity index (χ0n) is 6.73. The van der Waals surface area contributed by atoms with Gasteiger partial charge in [-0.05, 0) is 6.42 Å². The Balaban J connectivity index is 2.04. The second-order valence-corrected chi connectivity index (χ2v) is 3.09. The number of carbonyl (C=O) groups is 1. The lowest BCUT2D eigenvalue weighted by Gasteiger charge is -2.07. The van der Waals surface area contributed by atoms with Crippen LogP contribution < -0.4 is 0 Å². The van der Waals surface area contributed by atoms with Gasteiger partial charge in [-0.25, -0.2) is 4.98 Å². The van der Waals surface area contributed by atoms with Crippen LogP contribution in [0.1, 0.15) is 18.0 Å². The topological polar surface area (TPSA) is 49.0 Å². The first-order chi connectivity index (χ1) is 5.90. The summed E-state index contributed by atoms with van der Waals surface area (Å²) in [5, 5.41) is 0. The summed E-state index contributed by atoms with van der Waals surface area (Å²) in [7, 11) is 0. The number of nitrogens with zero attached hydrogens (tertiary/aromatic N) is 2. The number of amides is 1. The summed E-state index contributed by atoms with van der Waals surface area (Å²) in [4.78, 5) is 19.2. The Morgan fingerprint density at radius 1 is 1.75 bits per heavy atom. The van der Waals surface area contributed by atoms with Gasteiger partial charge in [-0.1, -0.05) is 0 Å². The van der Waals surface area contributed by atoms with Crippen LogP contribution in [0.15, 0.2) is 12.5 Å². The Morgan fingerprint density at radius 3 is 3.25 bits per heavy atom. The molecule has 1 amide bonds. The average Bonchev–Trinajstić information content (AvgIpc) is 2.75. The average molecular weight is 165 g/mol. The van der Waals surface area contributed by atoms with Crippen molar-refractivity contribution >= 4 is 6.41 Å². The Morgan fingerprint density at radius 2 is 2.67 bits per heavy atom. The molecule has 0 bridgehead atoms. The van der Waals surface area contributed by atoms with Crippen LogP contribution in [-0.2, 0) is 4.79 Å². The van der Waals surface area contributed by atoms with Crippen LogP contribution in [0.3, 0.4) is 0 Å². The van der Waals surface area contributed by atoms with Crippen molar-refractivity contribution in [1.82, 2.24) is 14.9 Å². The van der Waals surface area contributed by atoms with Crippen LogP contribution in [0, 0.1) is 0 Å². The number of aromatic amines is 1. The Hall–Kier alpha value is -1.32. The van der Waals surface area contributed by atoms with Crippen LogP contribution >= 0.6 is 0 Å². The van der Waals surface area contributed by atoms with Crippen LogP contribution in [0.25, 0.3) is 0 Å². The predicted octanol–water partition coefficient (Wildman–Crippen LogP) is 0.355. The largest absolute Gasteiger partial charge is 0.348 e. The van der Waals surface area contributed by atoms with E-state index in [1.165, 1.54) is 0 Å². The van der Waals surface area contributed by atoms with Gasteiger partial charge in [0.05, 0.1) is 6.33 Å². The highest BCUT2D eigenvalue weighted by Gasteiger charge is 2.23. The molecule has 1 N–H and O–H groups in total. The third kappa shape index (κ3) is 1.20. The van der Waals surface area contributed by atoms with Gasteiger partial charge in [0.25, 0.3) is 0 Å². The van der Waals surface area contributed by atoms with Gasteiger partial charge >= 0.3 is 0 Å². The number of imidazole rings is 1. The first-order valence-electron chi connectivity index (χ1n) is 4.08. The number of H-pyrrole nitrogens is 1. The molecule has 1 unspecified atom stereocenters. The van der Waals surface area contributed by atoms with Gasteiger partial charge in [0.1, 0.15) is 0 Å². The number of hydrogen-bond donors (Lipinski definition) is 1. The molecule has 0 aliphatic carbocycles. The summed E-state index contributed by atoms with van der Waals surface area (Å²) in [5.41, 5.74) is 1.14. The molecular weight excluding hydrogens is 154 g/mol. The molecule has 2 heterocycles. The lowest BCUT2D eigenvalue weighted by atomic mass is 10.1. The summed E-state index contributed by atoms with van der Waals surface area (Å²) in [5.74, 6) is 0.456. The number of likely N-dealkylation sites (tertiary alicyclic amines) is 1. The molecular formula is C8H11N3O. The van der Waals surface area contributed by atoms with Crippen molar-refractivity contribution in [2.24, 2.45) is 0 Å². The Labute approximate surface area is 70.6 Å². The molecule has 2 rings (SSSR count). The standard InChI is InChI=1S/C8H11N3O/c12-6-11-2-1-7(4-11)8-3-9-5-10-8/h3,5-7H,1-2,4H2,(H,9,10). The monoisotopic (exact) mass is 165 g/mol. The van der Waals surface area contributed by atoms with Crippen molar-refractivity contribution in [1.29, 1.82) is 0 Å². The molecule has 0 spiro atoms. The zero-order valence-corrected chi connectivity index (χ0v) is 6.73. The van der Waals surface area contributed by atoms with E-state index < -0.39 is 0 Å². The maximum atomic E-state index is 10.4. The second kappa shape index (κ2) is 2.97. The van der Waals surface area contributed by atoms with E-state index >= 15 is 0 Å². The first-order valence-corrected chi connectivity index (χ1v) is 4.08. The highest BCUT2D eigenvalue weighted by Crippen LogP contribution is 2.23. The van der Waals surface area contributed by atoms with Gasteiger partial charge in [-0.3, -0.25) is 4.79 Å². The van der Waals surface area contributed by atoms with Crippen molar-refractivity contribution in [3.05, 3.63) is 18.2 Å². The summed E-state index contributed by atoms with van der Waals surface area (Å²) >= 11 is 0. The molecule has 64 valence electrons. The normalized spacial score (nSPS) is 23.0. The molecule has 0 saturated carbocycles. The van der Waals surface area contributed by atoms with Crippen LogP contribution in [0.5, 0.6) is 0 Å². The maximum Gasteiger partial charge on any atom is 0.209 e. The molecule has 0 aromatic carbocycles. The van der Waals surface area contributed by atoms with Crippen LogP contribution in [-0.4, -0.2) is 34.4 Å². The molecule has 1 aliphatic heterocycles. The maximum absolute atomic E-state index is 10.4. The molecule has 1 saturated heterocycles. The molecule has 4 heteroatoms. The van der Waals surface area contributed by atoms with E-state index in [-0.39, 0.29) is 0 Å². The van der Waals surface area contributed by atoms with E-state index in [4.69, 9.17) is 0 Å². The van der Waals surface area contributed by atoms with Crippen LogP contribution in [0.4, 0.5) is 0 Å². The molecule has 1 fully saturated rings. The van der Waals surface area contributed by atoms with E-state index in [9.17, 15) is 4.79 Å². The van der Waals surface area contributed by atoms with Crippen molar-refractivity contribution in [3.63, 3.8) is 0 Å². The number of carbonyl (C=O) groups excluding carboxylic acids is 1. The number of rotatable bonds is 2. The fourth-order valence-electron chi connectivity index (χ4n) is 1.63. The van der Waals surface area contributed by atoms with Gasteiger partial charge < -0.3 is 9.88 Å². The quantitative estimate of drug-likeness (QED) is 0.643. The van der Waals surface area contributed by atoms with E-state index in [2.05, 4.69) is 9.97 Å².